The van der Waals surface area contributed by atoms with E-state index in [2.05, 4.69) is 328 Å². The molecular weight excluding hydrogens is 1840 g/mol. The summed E-state index contributed by atoms with van der Waals surface area (Å²) in [6.07, 6.45) is 12.7. The Kier molecular flexibility index (Phi) is 58.0. The lowest BCUT2D eigenvalue weighted by atomic mass is 10.0. The average Bonchev–Trinajstić information content (AvgIpc) is 1.87. The van der Waals surface area contributed by atoms with Crippen LogP contribution in [-0.4, -0.2) is 151 Å². The molecule has 0 radical (unpaired) electrons. The number of hydrogen-bond acceptors (Lipinski definition) is 19. The molecule has 0 aromatic heterocycles. The molecule has 2 N–H and O–H groups in total. The number of esters is 2. The first-order chi connectivity index (χ1) is 67.5. The van der Waals surface area contributed by atoms with Crippen LogP contribution in [0.1, 0.15) is 259 Å². The van der Waals surface area contributed by atoms with Crippen LogP contribution in [0.3, 0.4) is 0 Å². The Morgan fingerprint density at radius 1 is 0.418 bits per heavy atom. The van der Waals surface area contributed by atoms with Crippen molar-refractivity contribution in [2.24, 2.45) is 11.8 Å². The molecule has 9 aromatic carbocycles. The molecule has 770 valence electrons. The molecule has 1 saturated heterocycles. The number of hydrogen-bond donors (Lipinski definition) is 2. The summed E-state index contributed by atoms with van der Waals surface area (Å²) < 4.78 is 68.3. The van der Waals surface area contributed by atoms with Crippen molar-refractivity contribution in [3.8, 4) is 28.7 Å². The van der Waals surface area contributed by atoms with Crippen molar-refractivity contribution in [3.05, 3.63) is 316 Å². The van der Waals surface area contributed by atoms with Gasteiger partial charge in [0.15, 0.2) is 0 Å². The Labute approximate surface area is 866 Å². The molecule has 3 aliphatic rings. The Balaban J connectivity index is 0.000000254. The van der Waals surface area contributed by atoms with Crippen molar-refractivity contribution < 1.29 is 66.4 Å². The van der Waals surface area contributed by atoms with E-state index in [4.69, 9.17) is 68.4 Å². The summed E-state index contributed by atoms with van der Waals surface area (Å²) in [5, 5.41) is 7.13. The highest BCUT2D eigenvalue weighted by Crippen LogP contribution is 2.33. The molecule has 0 bridgehead atoms. The molecule has 2 fully saturated rings. The molecule has 1 saturated carbocycles. The maximum absolute atomic E-state index is 11.1. The molecule has 5 unspecified atom stereocenters. The van der Waals surface area contributed by atoms with Gasteiger partial charge in [-0.25, -0.2) is 9.59 Å². The van der Waals surface area contributed by atoms with Gasteiger partial charge in [0.2, 0.25) is 0 Å². The lowest BCUT2D eigenvalue weighted by Gasteiger charge is -2.21. The lowest BCUT2D eigenvalue weighted by Crippen LogP contribution is -2.28. The first-order valence-electron chi connectivity index (χ1n) is 50.7. The van der Waals surface area contributed by atoms with Crippen LogP contribution >= 0.6 is 46.9 Å². The van der Waals surface area contributed by atoms with Gasteiger partial charge in [-0.1, -0.05) is 257 Å². The van der Waals surface area contributed by atoms with E-state index in [-0.39, 0.29) is 54.7 Å². The fraction of sp³-hybridized carbons (Fsp3) is 0.471. The number of allylic oxidation sites excluding steroid dienone is 3. The summed E-state index contributed by atoms with van der Waals surface area (Å²) in [6, 6.07) is 76.7. The normalized spacial score (nSPS) is 13.7. The van der Waals surface area contributed by atoms with Crippen molar-refractivity contribution in [3.63, 3.8) is 0 Å². The van der Waals surface area contributed by atoms with Crippen LogP contribution in [0.4, 0.5) is 11.4 Å². The fourth-order valence-corrected chi connectivity index (χ4v) is 16.2. The number of carbonyl (C=O) groups is 2. The van der Waals surface area contributed by atoms with E-state index in [9.17, 15) is 9.59 Å². The van der Waals surface area contributed by atoms with Crippen LogP contribution in [-0.2, 0) is 42.7 Å². The molecule has 1 heterocycles. The van der Waals surface area contributed by atoms with E-state index in [1.54, 1.807) is 18.7 Å². The second-order valence-electron chi connectivity index (χ2n) is 38.7. The van der Waals surface area contributed by atoms with Crippen LogP contribution < -0.4 is 34.3 Å². The number of nitrogens with one attached hydrogen (secondary N) is 2. The molecule has 141 heavy (non-hydrogen) atoms. The highest BCUT2D eigenvalue weighted by Gasteiger charge is 2.27. The first-order valence-corrected chi connectivity index (χ1v) is 54.0. The largest absolute Gasteiger partial charge is 0.493 e. The molecule has 12 rings (SSSR count). The van der Waals surface area contributed by atoms with Gasteiger partial charge in [-0.3, -0.25) is 0 Å². The van der Waals surface area contributed by atoms with Gasteiger partial charge in [-0.2, -0.15) is 0 Å². The van der Waals surface area contributed by atoms with Gasteiger partial charge in [0.25, 0.3) is 0 Å². The van der Waals surface area contributed by atoms with E-state index in [1.165, 1.54) is 66.5 Å². The topological polar surface area (TPSA) is 172 Å². The van der Waals surface area contributed by atoms with Gasteiger partial charge in [0.1, 0.15) is 92.8 Å². The number of anilines is 2. The third kappa shape index (κ3) is 53.7. The van der Waals surface area contributed by atoms with Gasteiger partial charge in [-0.15, -0.1) is 35.3 Å². The minimum atomic E-state index is -0.387. The Morgan fingerprint density at radius 2 is 0.752 bits per heavy atom. The SMILES string of the molecule is C=C(C)C(=O)OCCNc1ccc(C(C)C)cc1.C=CC(=O)OCCNc1ccc(C(C)C)cc1.CC(C)OC(COc1ccc(C(C)C)cc1)CSC1=CCC=C1.CC(C)OC(COc1ccc(C(C)C)cc1)CSc1ccc(Cl)cc1.CC(C)OC(COc1ccc(C(C)C)cc1)CSc1ccccc1.CC(C)c1ccc(OCC(OCC2CO2)C(C)C)cc1.CC(C)c1ccc(OCC2CC2)cc1. The maximum Gasteiger partial charge on any atom is 0.333 e. The zero-order valence-corrected chi connectivity index (χ0v) is 91.9. The minimum absolute atomic E-state index is 0.0328. The Hall–Kier alpha value is -9.38. The number of halogens is 1. The minimum Gasteiger partial charge on any atom is -0.493 e. The van der Waals surface area contributed by atoms with E-state index < -0.39 is 0 Å². The smallest absolute Gasteiger partial charge is 0.333 e. The summed E-state index contributed by atoms with van der Waals surface area (Å²) in [6.45, 7) is 62.4. The van der Waals surface area contributed by atoms with Gasteiger partial charge in [-0.05, 0) is 281 Å². The van der Waals surface area contributed by atoms with Crippen molar-refractivity contribution in [1.29, 1.82) is 0 Å². The average molecular weight is 2010 g/mol. The predicted octanol–water partition coefficient (Wildman–Crippen LogP) is 31.3. The molecule has 2 aliphatic carbocycles. The number of rotatable bonds is 51. The number of epoxide rings is 1. The molecule has 20 heteroatoms. The highest BCUT2D eigenvalue weighted by atomic mass is 35.5. The Morgan fingerprint density at radius 3 is 1.06 bits per heavy atom. The quantitative estimate of drug-likeness (QED) is 0.0121. The van der Waals surface area contributed by atoms with E-state index >= 15 is 0 Å². The van der Waals surface area contributed by atoms with Gasteiger partial charge in [0.05, 0.1) is 44.2 Å². The van der Waals surface area contributed by atoms with Crippen molar-refractivity contribution in [2.75, 3.05) is 100 Å². The second kappa shape index (κ2) is 68.0. The van der Waals surface area contributed by atoms with Gasteiger partial charge in [0, 0.05) is 73.1 Å². The summed E-state index contributed by atoms with van der Waals surface area (Å²) >= 11 is 11.3. The molecule has 9 aromatic rings. The van der Waals surface area contributed by atoms with Crippen molar-refractivity contribution >= 4 is 70.2 Å². The number of benzene rings is 9. The van der Waals surface area contributed by atoms with Crippen LogP contribution in [0.5, 0.6) is 28.7 Å². The van der Waals surface area contributed by atoms with Crippen LogP contribution in [0, 0.1) is 11.8 Å². The Bertz CT molecular complexity index is 4930. The first kappa shape index (κ1) is 120. The summed E-state index contributed by atoms with van der Waals surface area (Å²) in [7, 11) is 0. The fourth-order valence-electron chi connectivity index (χ4n) is 13.4. The van der Waals surface area contributed by atoms with Crippen LogP contribution in [0.25, 0.3) is 0 Å². The maximum atomic E-state index is 11.1. The van der Waals surface area contributed by atoms with E-state index in [1.807, 2.05) is 115 Å². The highest BCUT2D eigenvalue weighted by molar-refractivity contribution is 8.03. The molecular formula is C121H167ClN2O14S3. The van der Waals surface area contributed by atoms with E-state index in [0.717, 1.165) is 94.0 Å². The number of carbonyl (C=O) groups excluding carboxylic acids is 2. The lowest BCUT2D eigenvalue weighted by molar-refractivity contribution is -0.139. The summed E-state index contributed by atoms with van der Waals surface area (Å²) in [5.41, 5.74) is 11.8. The zero-order valence-electron chi connectivity index (χ0n) is 88.7. The molecule has 0 spiro atoms. The summed E-state index contributed by atoms with van der Waals surface area (Å²) in [5.74, 6) is 11.6. The molecule has 5 atom stereocenters. The zero-order chi connectivity index (χ0) is 103. The van der Waals surface area contributed by atoms with Crippen molar-refractivity contribution in [2.45, 2.75) is 279 Å². The molecule has 16 nitrogen and oxygen atoms in total. The monoisotopic (exact) mass is 2000 g/mol. The van der Waals surface area contributed by atoms with E-state index in [0.29, 0.717) is 118 Å². The third-order valence-corrected chi connectivity index (χ3v) is 26.0. The molecule has 1 aliphatic heterocycles. The predicted molar refractivity (Wildman–Crippen MR) is 596 cm³/mol. The van der Waals surface area contributed by atoms with Crippen LogP contribution in [0.2, 0.25) is 5.02 Å². The second-order valence-corrected chi connectivity index (χ2v) is 42.5. The summed E-state index contributed by atoms with van der Waals surface area (Å²) in [4.78, 5) is 25.7. The number of ether oxygens (including phenoxy) is 12. The number of thioether (sulfide) groups is 3. The standard InChI is InChI=1S/C21H27ClO2S.C21H28O2S.C20H28O2S.C17H26O3.C15H21NO2.C14H19NO2.C13H18O/c1-15(2)17-5-9-19(10-6-17)23-13-20(24-16(3)4)14-25-21-11-7-18(22)8-12-21;1-16(2)18-10-12-19(13-11-18)22-14-20(23-17(3)4)15-24-21-8-6-5-7-9-21;1-15(2)17-9-11-18(12-10-17)21-13-19(22-16(3)4)14-23-20-7-5-6-8-20;1-12(2)14-5-7-15(8-6-14)19-11-17(13(3)4)20-10-16-9-18-16;1-11(2)13-5-7-14(8-6-13)16-9-10-18-15(17)12(3)4;1-4-14(16)17-10-9-15-13-7-5-12(6-8-13)11(2)3;1-10(2)12-5-7-13(8-6-12)14-9-11-3-4-11/h5-12,15-16,20H,13-14H2,1-4H3;5-13,16-17,20H,14-15H2,1-4H3;5,7-12,15-16,19H,6,13-14H2,1-4H3;5-8,12-13,16-17H,9-11H2,1-4H3;5-8,11,16H,3,9-10H2,1-2,4H3;4-8,11,15H,1,9-10H2,2-3H3;5-8,10-11H,3-4,9H2,1-2H3. The van der Waals surface area contributed by atoms with Gasteiger partial charge < -0.3 is 67.5 Å². The third-order valence-electron chi connectivity index (χ3n) is 22.3. The van der Waals surface area contributed by atoms with Crippen LogP contribution in [0.15, 0.2) is 282 Å². The molecule has 0 amide bonds. The van der Waals surface area contributed by atoms with Gasteiger partial charge >= 0.3 is 11.9 Å². The van der Waals surface area contributed by atoms with Crippen molar-refractivity contribution in [1.82, 2.24) is 0 Å².